The first-order chi connectivity index (χ1) is 7.09. The zero-order valence-electron chi connectivity index (χ0n) is 10.8. The molecule has 0 N–H and O–H groups in total. The van der Waals surface area contributed by atoms with Gasteiger partial charge < -0.3 is 4.90 Å². The van der Waals surface area contributed by atoms with Crippen molar-refractivity contribution in [1.29, 1.82) is 0 Å². The number of nitrogens with zero attached hydrogens (tertiary/aromatic N) is 1. The summed E-state index contributed by atoms with van der Waals surface area (Å²) in [6, 6.07) is 0.900. The highest BCUT2D eigenvalue weighted by Gasteiger charge is 2.36. The van der Waals surface area contributed by atoms with E-state index in [1.165, 1.54) is 51.6 Å². The topological polar surface area (TPSA) is 3.24 Å². The van der Waals surface area contributed by atoms with Gasteiger partial charge in [0.15, 0.2) is 0 Å². The van der Waals surface area contributed by atoms with Gasteiger partial charge in [-0.25, -0.2) is 0 Å². The molecule has 1 saturated heterocycles. The Morgan fingerprint density at radius 1 is 1.00 bits per heavy atom. The number of piperidine rings is 1. The number of hydrogen-bond donors (Lipinski definition) is 0. The lowest BCUT2D eigenvalue weighted by Gasteiger charge is -2.46. The number of likely N-dealkylation sites (tertiary alicyclic amines) is 1. The van der Waals surface area contributed by atoms with E-state index in [1.807, 2.05) is 0 Å². The predicted molar refractivity (Wildman–Crippen MR) is 66.0 cm³/mol. The van der Waals surface area contributed by atoms with Crippen LogP contribution in [0.1, 0.15) is 59.3 Å². The highest BCUT2D eigenvalue weighted by Crippen LogP contribution is 2.42. The van der Waals surface area contributed by atoms with E-state index in [0.29, 0.717) is 5.41 Å². The van der Waals surface area contributed by atoms with Gasteiger partial charge in [-0.15, -0.1) is 0 Å². The van der Waals surface area contributed by atoms with Crippen LogP contribution in [0.15, 0.2) is 0 Å². The Labute approximate surface area is 95.2 Å². The lowest BCUT2D eigenvalue weighted by atomic mass is 9.67. The maximum atomic E-state index is 2.77. The highest BCUT2D eigenvalue weighted by molar-refractivity contribution is 4.89. The Bertz CT molecular complexity index is 203. The van der Waals surface area contributed by atoms with Crippen LogP contribution in [0.4, 0.5) is 0 Å². The van der Waals surface area contributed by atoms with Gasteiger partial charge >= 0.3 is 0 Å². The molecule has 15 heavy (non-hydrogen) atoms. The highest BCUT2D eigenvalue weighted by atomic mass is 15.2. The van der Waals surface area contributed by atoms with E-state index in [4.69, 9.17) is 0 Å². The Morgan fingerprint density at radius 2 is 1.67 bits per heavy atom. The van der Waals surface area contributed by atoms with Crippen molar-refractivity contribution in [3.05, 3.63) is 0 Å². The maximum absolute atomic E-state index is 2.77. The first kappa shape index (κ1) is 11.4. The lowest BCUT2D eigenvalue weighted by Crippen LogP contribution is -2.45. The Kier molecular flexibility index (Phi) is 3.39. The van der Waals surface area contributed by atoms with Crippen LogP contribution >= 0.6 is 0 Å². The van der Waals surface area contributed by atoms with Crippen molar-refractivity contribution in [3.63, 3.8) is 0 Å². The van der Waals surface area contributed by atoms with Gasteiger partial charge in [0.2, 0.25) is 0 Å². The van der Waals surface area contributed by atoms with Gasteiger partial charge in [0.25, 0.3) is 0 Å². The molecule has 0 unspecified atom stereocenters. The van der Waals surface area contributed by atoms with Crippen LogP contribution in [0, 0.1) is 11.3 Å². The summed E-state index contributed by atoms with van der Waals surface area (Å²) in [6.45, 7) is 10.1. The van der Waals surface area contributed by atoms with Gasteiger partial charge in [0.1, 0.15) is 0 Å². The molecule has 2 aliphatic rings. The first-order valence-electron chi connectivity index (χ1n) is 6.83. The zero-order chi connectivity index (χ0) is 10.9. The van der Waals surface area contributed by atoms with Crippen LogP contribution in [-0.2, 0) is 0 Å². The molecule has 2 rings (SSSR count). The normalized spacial score (nSPS) is 37.8. The fraction of sp³-hybridized carbons (Fsp3) is 1.00. The van der Waals surface area contributed by atoms with E-state index in [2.05, 4.69) is 25.7 Å². The Hall–Kier alpha value is -0.0400. The quantitative estimate of drug-likeness (QED) is 0.636. The van der Waals surface area contributed by atoms with Gasteiger partial charge in [-0.05, 0) is 56.5 Å². The zero-order valence-corrected chi connectivity index (χ0v) is 10.8. The summed E-state index contributed by atoms with van der Waals surface area (Å²) >= 11 is 0. The summed E-state index contributed by atoms with van der Waals surface area (Å²) in [6.07, 6.45) is 8.65. The SMILES string of the molecule is C[C@H]1CC[C@@H](N2CCCCC2)CC1(C)C. The molecule has 0 aromatic rings. The fourth-order valence-electron chi connectivity index (χ4n) is 3.34. The minimum Gasteiger partial charge on any atom is -0.300 e. The summed E-state index contributed by atoms with van der Waals surface area (Å²) in [5.41, 5.74) is 0.570. The number of rotatable bonds is 1. The third-order valence-corrected chi connectivity index (χ3v) is 4.94. The van der Waals surface area contributed by atoms with Gasteiger partial charge in [-0.1, -0.05) is 27.2 Å². The smallest absolute Gasteiger partial charge is 0.0100 e. The van der Waals surface area contributed by atoms with Crippen molar-refractivity contribution in [2.24, 2.45) is 11.3 Å². The van der Waals surface area contributed by atoms with Crippen LogP contribution in [0.3, 0.4) is 0 Å². The van der Waals surface area contributed by atoms with Crippen LogP contribution in [-0.4, -0.2) is 24.0 Å². The molecule has 88 valence electrons. The second kappa shape index (κ2) is 4.45. The van der Waals surface area contributed by atoms with E-state index in [1.54, 1.807) is 0 Å². The second-order valence-corrected chi connectivity index (χ2v) is 6.42. The van der Waals surface area contributed by atoms with Crippen molar-refractivity contribution < 1.29 is 0 Å². The summed E-state index contributed by atoms with van der Waals surface area (Å²) in [7, 11) is 0. The average molecular weight is 209 g/mol. The van der Waals surface area contributed by atoms with Crippen molar-refractivity contribution in [1.82, 2.24) is 4.90 Å². The third kappa shape index (κ3) is 2.55. The van der Waals surface area contributed by atoms with Crippen LogP contribution in [0.5, 0.6) is 0 Å². The van der Waals surface area contributed by atoms with Gasteiger partial charge in [0, 0.05) is 6.04 Å². The van der Waals surface area contributed by atoms with E-state index in [9.17, 15) is 0 Å². The molecular weight excluding hydrogens is 182 g/mol. The molecule has 2 fully saturated rings. The molecule has 1 nitrogen and oxygen atoms in total. The molecule has 2 atom stereocenters. The van der Waals surface area contributed by atoms with Crippen molar-refractivity contribution >= 4 is 0 Å². The minimum atomic E-state index is 0.570. The molecule has 0 bridgehead atoms. The van der Waals surface area contributed by atoms with E-state index >= 15 is 0 Å². The molecule has 1 aliphatic heterocycles. The molecule has 1 heterocycles. The number of hydrogen-bond acceptors (Lipinski definition) is 1. The largest absolute Gasteiger partial charge is 0.300 e. The van der Waals surface area contributed by atoms with E-state index in [-0.39, 0.29) is 0 Å². The fourth-order valence-corrected chi connectivity index (χ4v) is 3.34. The minimum absolute atomic E-state index is 0.570. The molecule has 0 aromatic carbocycles. The third-order valence-electron chi connectivity index (χ3n) is 4.94. The van der Waals surface area contributed by atoms with Gasteiger partial charge in [-0.3, -0.25) is 0 Å². The molecule has 0 radical (unpaired) electrons. The molecule has 0 aromatic heterocycles. The van der Waals surface area contributed by atoms with Crippen molar-refractivity contribution in [3.8, 4) is 0 Å². The molecular formula is C14H27N. The average Bonchev–Trinajstić information content (AvgIpc) is 2.23. The van der Waals surface area contributed by atoms with E-state index < -0.39 is 0 Å². The van der Waals surface area contributed by atoms with Crippen molar-refractivity contribution in [2.45, 2.75) is 65.3 Å². The molecule has 0 amide bonds. The monoisotopic (exact) mass is 209 g/mol. The van der Waals surface area contributed by atoms with Crippen LogP contribution < -0.4 is 0 Å². The second-order valence-electron chi connectivity index (χ2n) is 6.42. The van der Waals surface area contributed by atoms with Gasteiger partial charge in [0.05, 0.1) is 0 Å². The molecule has 1 heteroatoms. The molecule has 1 aliphatic carbocycles. The Balaban J connectivity index is 1.93. The van der Waals surface area contributed by atoms with E-state index in [0.717, 1.165) is 12.0 Å². The predicted octanol–water partition coefficient (Wildman–Crippen LogP) is 3.69. The Morgan fingerprint density at radius 3 is 2.27 bits per heavy atom. The summed E-state index contributed by atoms with van der Waals surface area (Å²) in [4.78, 5) is 2.77. The molecule has 0 spiro atoms. The first-order valence-corrected chi connectivity index (χ1v) is 6.83. The van der Waals surface area contributed by atoms with Gasteiger partial charge in [-0.2, -0.15) is 0 Å². The summed E-state index contributed by atoms with van der Waals surface area (Å²) in [5.74, 6) is 0.915. The maximum Gasteiger partial charge on any atom is 0.0100 e. The lowest BCUT2D eigenvalue weighted by molar-refractivity contribution is 0.0454. The molecule has 1 saturated carbocycles. The summed E-state index contributed by atoms with van der Waals surface area (Å²) < 4.78 is 0. The van der Waals surface area contributed by atoms with Crippen LogP contribution in [0.2, 0.25) is 0 Å². The van der Waals surface area contributed by atoms with Crippen molar-refractivity contribution in [2.75, 3.05) is 13.1 Å². The standard InChI is InChI=1S/C14H27N/c1-12-7-8-13(11-14(12,2)3)15-9-5-4-6-10-15/h12-13H,4-11H2,1-3H3/t12-,13+/m0/s1. The van der Waals surface area contributed by atoms with Crippen LogP contribution in [0.25, 0.3) is 0 Å². The summed E-state index contributed by atoms with van der Waals surface area (Å²) in [5, 5.41) is 0.